The summed E-state index contributed by atoms with van der Waals surface area (Å²) in [6.07, 6.45) is 6.78. The van der Waals surface area contributed by atoms with Crippen LogP contribution in [0.2, 0.25) is 0 Å². The van der Waals surface area contributed by atoms with Crippen molar-refractivity contribution in [3.63, 3.8) is 0 Å². The first kappa shape index (κ1) is 17.3. The molecule has 27 heavy (non-hydrogen) atoms. The molecule has 0 saturated heterocycles. The molecule has 1 saturated carbocycles. The van der Waals surface area contributed by atoms with E-state index in [9.17, 15) is 5.26 Å². The number of hydrogen-bond acceptors (Lipinski definition) is 1. The van der Waals surface area contributed by atoms with Gasteiger partial charge in [-0.1, -0.05) is 79.9 Å². The molecule has 2 heteroatoms. The van der Waals surface area contributed by atoms with Crippen molar-refractivity contribution in [1.29, 1.82) is 5.26 Å². The summed E-state index contributed by atoms with van der Waals surface area (Å²) >= 11 is 0. The molecule has 2 aromatic carbocycles. The van der Waals surface area contributed by atoms with Crippen molar-refractivity contribution in [2.24, 2.45) is 5.41 Å². The number of rotatable bonds is 2. The third kappa shape index (κ3) is 2.98. The lowest BCUT2D eigenvalue weighted by Crippen LogP contribution is -2.23. The highest BCUT2D eigenvalue weighted by molar-refractivity contribution is 6.04. The van der Waals surface area contributed by atoms with Crippen molar-refractivity contribution in [3.8, 4) is 6.07 Å². The average molecular weight is 350 g/mol. The normalized spacial score (nSPS) is 20.2. The van der Waals surface area contributed by atoms with E-state index in [1.54, 1.807) is 0 Å². The van der Waals surface area contributed by atoms with Crippen LogP contribution < -0.4 is 0 Å². The zero-order valence-electron chi connectivity index (χ0n) is 15.4. The predicted octanol–water partition coefficient (Wildman–Crippen LogP) is 6.65. The first-order valence-corrected chi connectivity index (χ1v) is 9.66. The standard InChI is InChI=1S/C25H22N2/c1-27-22(18-26)21-17-25(15-9-4-10-16-25)24(20-13-7-3-8-14-20)23(21)19-11-5-2-6-12-19/h2-3,5-8,11-14H,4,9-10,15-17H2/b22-21+. The predicted molar refractivity (Wildman–Crippen MR) is 109 cm³/mol. The van der Waals surface area contributed by atoms with Crippen molar-refractivity contribution in [2.45, 2.75) is 38.5 Å². The summed E-state index contributed by atoms with van der Waals surface area (Å²) in [6, 6.07) is 23.1. The summed E-state index contributed by atoms with van der Waals surface area (Å²) < 4.78 is 0. The largest absolute Gasteiger partial charge is 0.265 e. The second kappa shape index (κ2) is 7.26. The summed E-state index contributed by atoms with van der Waals surface area (Å²) in [7, 11) is 0. The summed E-state index contributed by atoms with van der Waals surface area (Å²) in [4.78, 5) is 3.60. The number of nitrogens with zero attached hydrogens (tertiary/aromatic N) is 2. The van der Waals surface area contributed by atoms with E-state index in [2.05, 4.69) is 47.3 Å². The zero-order valence-corrected chi connectivity index (χ0v) is 15.4. The van der Waals surface area contributed by atoms with Crippen molar-refractivity contribution in [1.82, 2.24) is 0 Å². The summed E-state index contributed by atoms with van der Waals surface area (Å²) in [5.41, 5.74) is 6.06. The van der Waals surface area contributed by atoms with E-state index in [4.69, 9.17) is 6.57 Å². The Labute approximate surface area is 161 Å². The maximum atomic E-state index is 9.65. The molecule has 2 aliphatic carbocycles. The van der Waals surface area contributed by atoms with Crippen LogP contribution in [0, 0.1) is 23.3 Å². The Hall–Kier alpha value is -3.10. The van der Waals surface area contributed by atoms with Crippen LogP contribution in [0.1, 0.15) is 49.7 Å². The molecular formula is C25H22N2. The quantitative estimate of drug-likeness (QED) is 0.440. The second-order valence-electron chi connectivity index (χ2n) is 7.55. The van der Waals surface area contributed by atoms with Gasteiger partial charge >= 0.3 is 0 Å². The van der Waals surface area contributed by atoms with Gasteiger partial charge in [0, 0.05) is 0 Å². The number of nitriles is 1. The molecule has 2 aromatic rings. The summed E-state index contributed by atoms with van der Waals surface area (Å²) in [5.74, 6) is 0. The molecule has 0 aromatic heterocycles. The fourth-order valence-electron chi connectivity index (χ4n) is 4.93. The van der Waals surface area contributed by atoms with E-state index in [-0.39, 0.29) is 11.1 Å². The lowest BCUT2D eigenvalue weighted by molar-refractivity contribution is 0.278. The lowest BCUT2D eigenvalue weighted by Gasteiger charge is -2.37. The molecule has 0 radical (unpaired) electrons. The Balaban J connectivity index is 2.07. The molecule has 0 bridgehead atoms. The van der Waals surface area contributed by atoms with Gasteiger partial charge in [0.1, 0.15) is 0 Å². The molecule has 1 spiro atoms. The van der Waals surface area contributed by atoms with Crippen LogP contribution in [0.4, 0.5) is 0 Å². The van der Waals surface area contributed by atoms with Gasteiger partial charge < -0.3 is 0 Å². The molecule has 132 valence electrons. The van der Waals surface area contributed by atoms with Gasteiger partial charge in [0.2, 0.25) is 0 Å². The topological polar surface area (TPSA) is 28.1 Å². The maximum Gasteiger partial charge on any atom is 0.265 e. The zero-order chi connectivity index (χ0) is 18.7. The average Bonchev–Trinajstić information content (AvgIpc) is 3.05. The number of hydrogen-bond donors (Lipinski definition) is 0. The smallest absolute Gasteiger partial charge is 0.226 e. The molecule has 2 nitrogen and oxygen atoms in total. The van der Waals surface area contributed by atoms with Crippen LogP contribution in [0.15, 0.2) is 71.9 Å². The van der Waals surface area contributed by atoms with E-state index in [1.165, 1.54) is 30.4 Å². The summed E-state index contributed by atoms with van der Waals surface area (Å²) in [6.45, 7) is 7.57. The Morgan fingerprint density at radius 3 is 2.04 bits per heavy atom. The van der Waals surface area contributed by atoms with Crippen LogP contribution in [0.25, 0.3) is 16.0 Å². The van der Waals surface area contributed by atoms with Crippen molar-refractivity contribution in [2.75, 3.05) is 0 Å². The lowest BCUT2D eigenvalue weighted by atomic mass is 9.67. The minimum Gasteiger partial charge on any atom is -0.226 e. The number of benzene rings is 2. The van der Waals surface area contributed by atoms with Gasteiger partial charge in [-0.3, -0.25) is 0 Å². The second-order valence-corrected chi connectivity index (χ2v) is 7.55. The minimum atomic E-state index is 0.0485. The maximum absolute atomic E-state index is 9.65. The molecule has 0 unspecified atom stereocenters. The van der Waals surface area contributed by atoms with Gasteiger partial charge in [0.25, 0.3) is 5.70 Å². The molecule has 2 aliphatic rings. The van der Waals surface area contributed by atoms with Gasteiger partial charge in [-0.05, 0) is 52.5 Å². The molecule has 0 amide bonds. The van der Waals surface area contributed by atoms with Crippen LogP contribution in [-0.2, 0) is 0 Å². The van der Waals surface area contributed by atoms with E-state index in [1.807, 2.05) is 24.3 Å². The first-order valence-electron chi connectivity index (χ1n) is 9.66. The van der Waals surface area contributed by atoms with Gasteiger partial charge in [-0.25, -0.2) is 10.1 Å². The third-order valence-electron chi connectivity index (χ3n) is 6.04. The molecular weight excluding hydrogens is 328 g/mol. The van der Waals surface area contributed by atoms with Gasteiger partial charge in [-0.15, -0.1) is 0 Å². The Morgan fingerprint density at radius 2 is 1.48 bits per heavy atom. The van der Waals surface area contributed by atoms with Crippen LogP contribution in [-0.4, -0.2) is 0 Å². The van der Waals surface area contributed by atoms with E-state index in [0.29, 0.717) is 0 Å². The van der Waals surface area contributed by atoms with Gasteiger partial charge in [-0.2, -0.15) is 0 Å². The van der Waals surface area contributed by atoms with Crippen molar-refractivity contribution >= 4 is 11.1 Å². The SMILES string of the molecule is [C-]#[N+]/C(C#N)=C1\CC2(CCCCC2)C(c2ccccc2)=C1c1ccccc1. The Kier molecular flexibility index (Phi) is 4.66. The summed E-state index contributed by atoms with van der Waals surface area (Å²) in [5, 5.41) is 9.65. The molecule has 0 heterocycles. The molecule has 0 N–H and O–H groups in total. The van der Waals surface area contributed by atoms with Crippen LogP contribution >= 0.6 is 0 Å². The molecule has 4 rings (SSSR count). The Bertz CT molecular complexity index is 960. The van der Waals surface area contributed by atoms with Gasteiger partial charge in [0.15, 0.2) is 0 Å². The molecule has 0 aliphatic heterocycles. The highest BCUT2D eigenvalue weighted by Gasteiger charge is 2.45. The molecule has 0 atom stereocenters. The monoisotopic (exact) mass is 350 g/mol. The van der Waals surface area contributed by atoms with E-state index < -0.39 is 0 Å². The first-order chi connectivity index (χ1) is 13.3. The van der Waals surface area contributed by atoms with E-state index in [0.717, 1.165) is 36.0 Å². The molecule has 1 fully saturated rings. The highest BCUT2D eigenvalue weighted by atomic mass is 14.7. The third-order valence-corrected chi connectivity index (χ3v) is 6.04. The van der Waals surface area contributed by atoms with Crippen LogP contribution in [0.5, 0.6) is 0 Å². The fraction of sp³-hybridized carbons (Fsp3) is 0.280. The highest BCUT2D eigenvalue weighted by Crippen LogP contribution is 2.61. The van der Waals surface area contributed by atoms with Gasteiger partial charge in [0.05, 0.1) is 12.6 Å². The van der Waals surface area contributed by atoms with Crippen molar-refractivity contribution < 1.29 is 0 Å². The fourth-order valence-corrected chi connectivity index (χ4v) is 4.93. The van der Waals surface area contributed by atoms with Crippen molar-refractivity contribution in [3.05, 3.63) is 94.5 Å². The van der Waals surface area contributed by atoms with Crippen LogP contribution in [0.3, 0.4) is 0 Å². The minimum absolute atomic E-state index is 0.0485. The number of allylic oxidation sites excluding steroid dienone is 4. The van der Waals surface area contributed by atoms with E-state index >= 15 is 0 Å². The Morgan fingerprint density at radius 1 is 0.889 bits per heavy atom.